The maximum absolute atomic E-state index is 12.2. The van der Waals surface area contributed by atoms with Gasteiger partial charge >= 0.3 is 0 Å². The van der Waals surface area contributed by atoms with E-state index in [-0.39, 0.29) is 5.60 Å². The summed E-state index contributed by atoms with van der Waals surface area (Å²) in [4.78, 5) is 21.2. The van der Waals surface area contributed by atoms with Crippen LogP contribution in [0, 0.1) is 5.92 Å². The van der Waals surface area contributed by atoms with Crippen molar-refractivity contribution < 1.29 is 9.63 Å². The first-order chi connectivity index (χ1) is 10.6. The number of rotatable bonds is 4. The zero-order valence-electron chi connectivity index (χ0n) is 13.4. The predicted octanol–water partition coefficient (Wildman–Crippen LogP) is 3.67. The van der Waals surface area contributed by atoms with Crippen LogP contribution >= 0.6 is 11.3 Å². The van der Waals surface area contributed by atoms with Crippen LogP contribution in [0.25, 0.3) is 0 Å². The molecule has 1 saturated heterocycles. The molecule has 3 heterocycles. The van der Waals surface area contributed by atoms with Crippen molar-refractivity contribution in [3.8, 4) is 0 Å². The summed E-state index contributed by atoms with van der Waals surface area (Å²) in [5, 5.41) is 6.38. The molecule has 3 rings (SSSR count). The van der Waals surface area contributed by atoms with Gasteiger partial charge in [-0.3, -0.25) is 4.79 Å². The van der Waals surface area contributed by atoms with E-state index in [1.807, 2.05) is 11.0 Å². The van der Waals surface area contributed by atoms with Crippen molar-refractivity contribution in [2.24, 2.45) is 11.1 Å². The molecule has 4 nitrogen and oxygen atoms in total. The Kier molecular flexibility index (Phi) is 4.52. The fourth-order valence-electron chi connectivity index (χ4n) is 3.10. The van der Waals surface area contributed by atoms with Crippen LogP contribution < -0.4 is 0 Å². The molecule has 1 fully saturated rings. The third-order valence-electron chi connectivity index (χ3n) is 4.61. The molecule has 120 valence electrons. The van der Waals surface area contributed by atoms with Crippen LogP contribution in [-0.4, -0.2) is 35.2 Å². The van der Waals surface area contributed by atoms with Crippen molar-refractivity contribution in [2.75, 3.05) is 13.1 Å². The van der Waals surface area contributed by atoms with Crippen molar-refractivity contribution >= 4 is 23.0 Å². The van der Waals surface area contributed by atoms with Gasteiger partial charge in [0.1, 0.15) is 11.3 Å². The number of hydrogen-bond acceptors (Lipinski definition) is 4. The normalized spacial score (nSPS) is 20.3. The average molecular weight is 320 g/mol. The number of piperidine rings is 1. The number of nitrogens with zero attached hydrogens (tertiary/aromatic N) is 2. The number of oxime groups is 1. The van der Waals surface area contributed by atoms with Crippen LogP contribution in [0.3, 0.4) is 0 Å². The minimum Gasteiger partial charge on any atom is -0.388 e. The van der Waals surface area contributed by atoms with Gasteiger partial charge in [-0.1, -0.05) is 25.1 Å². The Hall–Kier alpha value is -1.36. The number of thiophene rings is 1. The van der Waals surface area contributed by atoms with Crippen molar-refractivity contribution in [1.82, 2.24) is 4.90 Å². The highest BCUT2D eigenvalue weighted by atomic mass is 32.1. The lowest BCUT2D eigenvalue weighted by Crippen LogP contribution is -2.46. The van der Waals surface area contributed by atoms with Crippen LogP contribution in [0.5, 0.6) is 0 Å². The molecule has 5 heteroatoms. The lowest BCUT2D eigenvalue weighted by Gasteiger charge is -2.37. The van der Waals surface area contributed by atoms with E-state index in [1.165, 1.54) is 4.88 Å². The molecule has 2 aliphatic heterocycles. The summed E-state index contributed by atoms with van der Waals surface area (Å²) in [6.45, 7) is 5.91. The van der Waals surface area contributed by atoms with Gasteiger partial charge in [-0.2, -0.15) is 0 Å². The Morgan fingerprint density at radius 1 is 1.45 bits per heavy atom. The summed E-state index contributed by atoms with van der Waals surface area (Å²) < 4.78 is 0. The Bertz CT molecular complexity index is 543. The molecular weight excluding hydrogens is 296 g/mol. The molecular formula is C17H24N2O2S. The van der Waals surface area contributed by atoms with E-state index in [4.69, 9.17) is 4.84 Å². The minimum absolute atomic E-state index is 0.172. The highest BCUT2D eigenvalue weighted by Gasteiger charge is 2.43. The zero-order chi connectivity index (χ0) is 15.6. The van der Waals surface area contributed by atoms with Gasteiger partial charge in [0, 0.05) is 38.8 Å². The van der Waals surface area contributed by atoms with Crippen molar-refractivity contribution in [2.45, 2.75) is 51.6 Å². The van der Waals surface area contributed by atoms with E-state index >= 15 is 0 Å². The number of hydrogen-bond donors (Lipinski definition) is 0. The van der Waals surface area contributed by atoms with Crippen LogP contribution in [0.1, 0.15) is 50.8 Å². The fraction of sp³-hybridized carbons (Fsp3) is 0.647. The Labute approximate surface area is 136 Å². The highest BCUT2D eigenvalue weighted by Crippen LogP contribution is 2.37. The first kappa shape index (κ1) is 15.5. The number of carbonyl (C=O) groups excluding carboxylic acids is 1. The Morgan fingerprint density at radius 3 is 2.86 bits per heavy atom. The summed E-state index contributed by atoms with van der Waals surface area (Å²) in [6.07, 6.45) is 4.30. The van der Waals surface area contributed by atoms with Gasteiger partial charge in [-0.05, 0) is 23.8 Å². The SMILES string of the molecule is CC(C)CCC(=O)N1CCC2(CC1)CC(c1cccs1)=NO2. The third kappa shape index (κ3) is 3.35. The molecule has 1 spiro atoms. The minimum atomic E-state index is -0.172. The van der Waals surface area contributed by atoms with Gasteiger partial charge in [0.2, 0.25) is 5.91 Å². The molecule has 22 heavy (non-hydrogen) atoms. The number of amides is 1. The lowest BCUT2D eigenvalue weighted by molar-refractivity contribution is -0.137. The van der Waals surface area contributed by atoms with E-state index in [2.05, 4.69) is 30.4 Å². The topological polar surface area (TPSA) is 41.9 Å². The molecule has 1 aromatic rings. The first-order valence-corrected chi connectivity index (χ1v) is 9.03. The summed E-state index contributed by atoms with van der Waals surface area (Å²) in [5.41, 5.74) is 0.892. The molecule has 0 aliphatic carbocycles. The van der Waals surface area contributed by atoms with Crippen molar-refractivity contribution in [1.29, 1.82) is 0 Å². The molecule has 0 atom stereocenters. The van der Waals surface area contributed by atoms with E-state index < -0.39 is 0 Å². The summed E-state index contributed by atoms with van der Waals surface area (Å²) in [5.74, 6) is 0.876. The quantitative estimate of drug-likeness (QED) is 0.849. The van der Waals surface area contributed by atoms with Gasteiger partial charge in [0.05, 0.1) is 4.88 Å². The Morgan fingerprint density at radius 2 is 2.23 bits per heavy atom. The van der Waals surface area contributed by atoms with E-state index in [1.54, 1.807) is 11.3 Å². The monoisotopic (exact) mass is 320 g/mol. The van der Waals surface area contributed by atoms with E-state index in [0.717, 1.165) is 44.5 Å². The maximum atomic E-state index is 12.2. The Balaban J connectivity index is 1.51. The summed E-state index contributed by atoms with van der Waals surface area (Å²) in [7, 11) is 0. The second-order valence-corrected chi connectivity index (χ2v) is 7.73. The van der Waals surface area contributed by atoms with Gasteiger partial charge < -0.3 is 9.74 Å². The maximum Gasteiger partial charge on any atom is 0.222 e. The van der Waals surface area contributed by atoms with Gasteiger partial charge in [0.25, 0.3) is 0 Å². The lowest BCUT2D eigenvalue weighted by atomic mass is 9.86. The fourth-order valence-corrected chi connectivity index (χ4v) is 3.80. The number of likely N-dealkylation sites (tertiary alicyclic amines) is 1. The molecule has 0 N–H and O–H groups in total. The smallest absolute Gasteiger partial charge is 0.222 e. The van der Waals surface area contributed by atoms with Crippen molar-refractivity contribution in [3.05, 3.63) is 22.4 Å². The predicted molar refractivity (Wildman–Crippen MR) is 89.2 cm³/mol. The molecule has 0 aromatic carbocycles. The zero-order valence-corrected chi connectivity index (χ0v) is 14.2. The second kappa shape index (κ2) is 6.41. The van der Waals surface area contributed by atoms with E-state index in [9.17, 15) is 4.79 Å². The molecule has 0 saturated carbocycles. The van der Waals surface area contributed by atoms with Crippen molar-refractivity contribution in [3.63, 3.8) is 0 Å². The van der Waals surface area contributed by atoms with Gasteiger partial charge in [-0.15, -0.1) is 11.3 Å². The van der Waals surface area contributed by atoms with Crippen LogP contribution in [0.4, 0.5) is 0 Å². The summed E-state index contributed by atoms with van der Waals surface area (Å²) >= 11 is 1.71. The molecule has 1 aromatic heterocycles. The van der Waals surface area contributed by atoms with Crippen LogP contribution in [-0.2, 0) is 9.63 Å². The standard InChI is InChI=1S/C17H24N2O2S/c1-13(2)5-6-16(20)19-9-7-17(8-10-19)12-14(18-21-17)15-4-3-11-22-15/h3-4,11,13H,5-10,12H2,1-2H3. The average Bonchev–Trinajstić information content (AvgIpc) is 3.15. The second-order valence-electron chi connectivity index (χ2n) is 6.78. The number of carbonyl (C=O) groups is 1. The third-order valence-corrected chi connectivity index (χ3v) is 5.53. The molecule has 0 bridgehead atoms. The summed E-state index contributed by atoms with van der Waals surface area (Å²) in [6, 6.07) is 4.14. The van der Waals surface area contributed by atoms with Crippen LogP contribution in [0.2, 0.25) is 0 Å². The molecule has 0 radical (unpaired) electrons. The molecule has 0 unspecified atom stereocenters. The van der Waals surface area contributed by atoms with Crippen LogP contribution in [0.15, 0.2) is 22.7 Å². The molecule has 1 amide bonds. The highest BCUT2D eigenvalue weighted by molar-refractivity contribution is 7.12. The molecule has 2 aliphatic rings. The van der Waals surface area contributed by atoms with Gasteiger partial charge in [0.15, 0.2) is 0 Å². The largest absolute Gasteiger partial charge is 0.388 e. The van der Waals surface area contributed by atoms with E-state index in [0.29, 0.717) is 18.2 Å². The van der Waals surface area contributed by atoms with Gasteiger partial charge in [-0.25, -0.2) is 0 Å². The first-order valence-electron chi connectivity index (χ1n) is 8.15.